The van der Waals surface area contributed by atoms with E-state index in [1.165, 1.54) is 22.5 Å². The summed E-state index contributed by atoms with van der Waals surface area (Å²) in [6, 6.07) is 4.01. The van der Waals surface area contributed by atoms with E-state index in [1.807, 2.05) is 0 Å². The number of Topliss-reactive ketones (excluding diaryl/α,β-unsaturated/α-hetero) is 1. The SMILES string of the molecule is N=C(Nc1ccc(F)c(Br)c1)C(=O)C1CCN(S(=O)(=O)NC2CCOCC2)CC1. The predicted octanol–water partition coefficient (Wildman–Crippen LogP) is 2.27. The maximum Gasteiger partial charge on any atom is 0.279 e. The number of carbonyl (C=O) groups excluding carboxylic acids is 1. The largest absolute Gasteiger partial charge is 0.381 e. The van der Waals surface area contributed by atoms with Crippen LogP contribution >= 0.6 is 15.9 Å². The van der Waals surface area contributed by atoms with Gasteiger partial charge in [0.2, 0.25) is 5.78 Å². The van der Waals surface area contributed by atoms with Gasteiger partial charge in [0.05, 0.1) is 4.47 Å². The molecule has 0 aliphatic carbocycles. The first kappa shape index (κ1) is 22.3. The molecule has 3 N–H and O–H groups in total. The Morgan fingerprint density at radius 2 is 1.86 bits per heavy atom. The molecule has 2 aliphatic rings. The van der Waals surface area contributed by atoms with Crippen molar-refractivity contribution in [2.45, 2.75) is 31.7 Å². The Morgan fingerprint density at radius 1 is 1.21 bits per heavy atom. The molecule has 2 fully saturated rings. The van der Waals surface area contributed by atoms with Crippen LogP contribution in [0, 0.1) is 17.1 Å². The number of rotatable bonds is 6. The van der Waals surface area contributed by atoms with Gasteiger partial charge in [-0.3, -0.25) is 10.2 Å². The Balaban J connectivity index is 1.51. The summed E-state index contributed by atoms with van der Waals surface area (Å²) in [6.45, 7) is 1.54. The third kappa shape index (κ3) is 5.82. The fourth-order valence-corrected chi connectivity index (χ4v) is 5.32. The number of hydrogen-bond acceptors (Lipinski definition) is 5. The summed E-state index contributed by atoms with van der Waals surface area (Å²) in [5, 5.41) is 10.7. The van der Waals surface area contributed by atoms with Crippen molar-refractivity contribution in [3.05, 3.63) is 28.5 Å². The van der Waals surface area contributed by atoms with E-state index >= 15 is 0 Å². The van der Waals surface area contributed by atoms with Crippen molar-refractivity contribution in [3.63, 3.8) is 0 Å². The summed E-state index contributed by atoms with van der Waals surface area (Å²) >= 11 is 3.06. The number of hydrogen-bond donors (Lipinski definition) is 3. The quantitative estimate of drug-likeness (QED) is 0.418. The van der Waals surface area contributed by atoms with Gasteiger partial charge in [-0.05, 0) is 59.8 Å². The summed E-state index contributed by atoms with van der Waals surface area (Å²) in [7, 11) is -3.60. The molecule has 0 atom stereocenters. The Hall–Kier alpha value is -1.40. The van der Waals surface area contributed by atoms with E-state index in [-0.39, 0.29) is 35.2 Å². The van der Waals surface area contributed by atoms with E-state index in [0.717, 1.165) is 0 Å². The Kier molecular flexibility index (Phi) is 7.38. The normalized spacial score (nSPS) is 19.8. The van der Waals surface area contributed by atoms with Gasteiger partial charge in [0.25, 0.3) is 10.2 Å². The Morgan fingerprint density at radius 3 is 2.48 bits per heavy atom. The number of ketones is 1. The molecule has 0 spiro atoms. The molecule has 29 heavy (non-hydrogen) atoms. The van der Waals surface area contributed by atoms with Gasteiger partial charge in [0.1, 0.15) is 5.82 Å². The highest BCUT2D eigenvalue weighted by Crippen LogP contribution is 2.23. The molecule has 2 heterocycles. The Bertz CT molecular complexity index is 869. The lowest BCUT2D eigenvalue weighted by Gasteiger charge is -2.32. The first-order valence-corrected chi connectivity index (χ1v) is 11.7. The van der Waals surface area contributed by atoms with Gasteiger partial charge in [-0.25, -0.2) is 4.39 Å². The number of benzene rings is 1. The topological polar surface area (TPSA) is 112 Å². The van der Waals surface area contributed by atoms with Crippen LogP contribution in [0.25, 0.3) is 0 Å². The van der Waals surface area contributed by atoms with Crippen LogP contribution < -0.4 is 10.0 Å². The van der Waals surface area contributed by atoms with Crippen LogP contribution in [0.5, 0.6) is 0 Å². The van der Waals surface area contributed by atoms with Crippen LogP contribution in [-0.2, 0) is 19.7 Å². The van der Waals surface area contributed by atoms with Crippen molar-refractivity contribution < 1.29 is 22.3 Å². The average molecular weight is 491 g/mol. The molecular formula is C18H24BrFN4O4S. The highest BCUT2D eigenvalue weighted by molar-refractivity contribution is 9.10. The van der Waals surface area contributed by atoms with E-state index in [4.69, 9.17) is 10.1 Å². The van der Waals surface area contributed by atoms with Crippen LogP contribution in [0.2, 0.25) is 0 Å². The van der Waals surface area contributed by atoms with Crippen LogP contribution in [0.3, 0.4) is 0 Å². The average Bonchev–Trinajstić information content (AvgIpc) is 2.70. The fraction of sp³-hybridized carbons (Fsp3) is 0.556. The van der Waals surface area contributed by atoms with Crippen LogP contribution in [0.4, 0.5) is 10.1 Å². The van der Waals surface area contributed by atoms with Gasteiger partial charge in [0.15, 0.2) is 5.84 Å². The zero-order chi connectivity index (χ0) is 21.0. The second kappa shape index (κ2) is 9.61. The molecule has 0 radical (unpaired) electrons. The highest BCUT2D eigenvalue weighted by atomic mass is 79.9. The maximum atomic E-state index is 13.3. The van der Waals surface area contributed by atoms with Crippen LogP contribution in [0.1, 0.15) is 25.7 Å². The molecule has 2 saturated heterocycles. The molecule has 160 valence electrons. The number of nitrogens with one attached hydrogen (secondary N) is 3. The number of nitrogens with zero attached hydrogens (tertiary/aromatic N) is 1. The number of carbonyl (C=O) groups is 1. The standard InChI is InChI=1S/C18H24BrFN4O4S/c19-15-11-14(1-2-16(15)20)22-18(21)17(25)12-3-7-24(8-4-12)29(26,27)23-13-5-9-28-10-6-13/h1-2,11-13,23H,3-10H2,(H2,21,22). The zero-order valence-electron chi connectivity index (χ0n) is 15.8. The lowest BCUT2D eigenvalue weighted by atomic mass is 9.93. The van der Waals surface area contributed by atoms with E-state index in [0.29, 0.717) is 44.6 Å². The third-order valence-corrected chi connectivity index (χ3v) is 7.42. The Labute approximate surface area is 178 Å². The minimum Gasteiger partial charge on any atom is -0.381 e. The molecule has 11 heteroatoms. The minimum absolute atomic E-state index is 0.125. The van der Waals surface area contributed by atoms with Crippen molar-refractivity contribution in [2.75, 3.05) is 31.6 Å². The van der Waals surface area contributed by atoms with E-state index in [2.05, 4.69) is 26.0 Å². The summed E-state index contributed by atoms with van der Waals surface area (Å²) in [6.07, 6.45) is 2.00. The van der Waals surface area contributed by atoms with Crippen molar-refractivity contribution in [2.24, 2.45) is 5.92 Å². The predicted molar refractivity (Wildman–Crippen MR) is 111 cm³/mol. The molecule has 0 aromatic heterocycles. The molecule has 0 saturated carbocycles. The first-order valence-electron chi connectivity index (χ1n) is 9.46. The molecule has 3 rings (SSSR count). The van der Waals surface area contributed by atoms with Crippen molar-refractivity contribution in [1.82, 2.24) is 9.03 Å². The van der Waals surface area contributed by atoms with Gasteiger partial charge in [-0.15, -0.1) is 0 Å². The molecular weight excluding hydrogens is 467 g/mol. The summed E-state index contributed by atoms with van der Waals surface area (Å²) in [5.41, 5.74) is 0.428. The number of amidine groups is 1. The zero-order valence-corrected chi connectivity index (χ0v) is 18.2. The lowest BCUT2D eigenvalue weighted by Crippen LogP contribution is -2.50. The summed E-state index contributed by atoms with van der Waals surface area (Å²) in [5.74, 6) is -1.52. The number of piperidine rings is 1. The molecule has 0 amide bonds. The highest BCUT2D eigenvalue weighted by Gasteiger charge is 2.33. The van der Waals surface area contributed by atoms with Gasteiger partial charge in [-0.1, -0.05) is 0 Å². The number of ether oxygens (including phenoxy) is 1. The van der Waals surface area contributed by atoms with Crippen LogP contribution in [-0.4, -0.2) is 56.7 Å². The molecule has 0 bridgehead atoms. The van der Waals surface area contributed by atoms with Gasteiger partial charge in [-0.2, -0.15) is 17.4 Å². The van der Waals surface area contributed by atoms with Crippen LogP contribution in [0.15, 0.2) is 22.7 Å². The number of halogens is 2. The molecule has 0 unspecified atom stereocenters. The second-order valence-corrected chi connectivity index (χ2v) is 9.73. The third-order valence-electron chi connectivity index (χ3n) is 5.14. The molecule has 1 aromatic carbocycles. The van der Waals surface area contributed by atoms with Gasteiger partial charge in [0, 0.05) is 44.0 Å². The smallest absolute Gasteiger partial charge is 0.279 e. The van der Waals surface area contributed by atoms with E-state index in [1.54, 1.807) is 0 Å². The molecule has 1 aromatic rings. The van der Waals surface area contributed by atoms with Crippen molar-refractivity contribution >= 4 is 43.4 Å². The summed E-state index contributed by atoms with van der Waals surface area (Å²) in [4.78, 5) is 12.6. The monoisotopic (exact) mass is 490 g/mol. The number of anilines is 1. The minimum atomic E-state index is -3.60. The van der Waals surface area contributed by atoms with Crippen molar-refractivity contribution in [1.29, 1.82) is 5.41 Å². The first-order chi connectivity index (χ1) is 13.8. The van der Waals surface area contributed by atoms with Crippen molar-refractivity contribution in [3.8, 4) is 0 Å². The van der Waals surface area contributed by atoms with Gasteiger partial charge < -0.3 is 10.1 Å². The van der Waals surface area contributed by atoms with E-state index < -0.39 is 21.9 Å². The maximum absolute atomic E-state index is 13.3. The second-order valence-electron chi connectivity index (χ2n) is 7.18. The molecule has 8 nitrogen and oxygen atoms in total. The summed E-state index contributed by atoms with van der Waals surface area (Å²) < 4.78 is 48.0. The van der Waals surface area contributed by atoms with E-state index in [9.17, 15) is 17.6 Å². The molecule has 2 aliphatic heterocycles. The lowest BCUT2D eigenvalue weighted by molar-refractivity contribution is -0.117. The fourth-order valence-electron chi connectivity index (χ4n) is 3.44. The van der Waals surface area contributed by atoms with Gasteiger partial charge >= 0.3 is 0 Å².